The number of nitrogens with zero attached hydrogens (tertiary/aromatic N) is 1. The highest BCUT2D eigenvalue weighted by Crippen LogP contribution is 1.95. The SMILES string of the molecule is C=CC(=N)/C(C)=C/N=CC. The van der Waals surface area contributed by atoms with Gasteiger partial charge in [-0.3, -0.25) is 4.99 Å². The van der Waals surface area contributed by atoms with Gasteiger partial charge < -0.3 is 5.41 Å². The van der Waals surface area contributed by atoms with Crippen LogP contribution in [0, 0.1) is 5.41 Å². The highest BCUT2D eigenvalue weighted by molar-refractivity contribution is 6.05. The molecule has 0 aliphatic carbocycles. The molecule has 2 heteroatoms. The zero-order valence-corrected chi connectivity index (χ0v) is 6.39. The van der Waals surface area contributed by atoms with Gasteiger partial charge in [0.15, 0.2) is 0 Å². The molecule has 0 aromatic heterocycles. The summed E-state index contributed by atoms with van der Waals surface area (Å²) in [5.41, 5.74) is 1.25. The van der Waals surface area contributed by atoms with Crippen LogP contribution in [-0.2, 0) is 0 Å². The van der Waals surface area contributed by atoms with Gasteiger partial charge in [-0.2, -0.15) is 0 Å². The molecule has 0 aromatic carbocycles. The van der Waals surface area contributed by atoms with Crippen LogP contribution in [0.3, 0.4) is 0 Å². The fraction of sp³-hybridized carbons (Fsp3) is 0.250. The molecule has 0 heterocycles. The minimum Gasteiger partial charge on any atom is -0.301 e. The molecular formula is C8H12N2. The van der Waals surface area contributed by atoms with E-state index in [9.17, 15) is 0 Å². The maximum Gasteiger partial charge on any atom is 0.0578 e. The van der Waals surface area contributed by atoms with Crippen LogP contribution in [0.2, 0.25) is 0 Å². The molecule has 0 spiro atoms. The second-order valence-corrected chi connectivity index (χ2v) is 1.84. The number of aliphatic imine (C=N–C) groups is 1. The van der Waals surface area contributed by atoms with E-state index < -0.39 is 0 Å². The zero-order chi connectivity index (χ0) is 7.98. The van der Waals surface area contributed by atoms with E-state index in [1.54, 1.807) is 12.4 Å². The lowest BCUT2D eigenvalue weighted by molar-refractivity contribution is 1.41. The second kappa shape index (κ2) is 4.68. The van der Waals surface area contributed by atoms with Crippen molar-refractivity contribution < 1.29 is 0 Å². The number of hydrogen-bond acceptors (Lipinski definition) is 2. The Morgan fingerprint density at radius 2 is 2.20 bits per heavy atom. The Labute approximate surface area is 61.5 Å². The number of hydrogen-bond donors (Lipinski definition) is 1. The number of rotatable bonds is 3. The summed E-state index contributed by atoms with van der Waals surface area (Å²) >= 11 is 0. The van der Waals surface area contributed by atoms with Gasteiger partial charge in [0.1, 0.15) is 0 Å². The van der Waals surface area contributed by atoms with Gasteiger partial charge >= 0.3 is 0 Å². The largest absolute Gasteiger partial charge is 0.301 e. The van der Waals surface area contributed by atoms with Crippen molar-refractivity contribution in [2.45, 2.75) is 13.8 Å². The maximum atomic E-state index is 7.26. The van der Waals surface area contributed by atoms with Crippen molar-refractivity contribution in [3.8, 4) is 0 Å². The first kappa shape index (κ1) is 8.82. The van der Waals surface area contributed by atoms with Crippen LogP contribution in [0.1, 0.15) is 13.8 Å². The Balaban J connectivity index is 4.18. The molecule has 0 radical (unpaired) electrons. The van der Waals surface area contributed by atoms with Crippen molar-refractivity contribution in [2.75, 3.05) is 0 Å². The van der Waals surface area contributed by atoms with Crippen molar-refractivity contribution in [1.29, 1.82) is 5.41 Å². The van der Waals surface area contributed by atoms with E-state index in [4.69, 9.17) is 5.41 Å². The van der Waals surface area contributed by atoms with Gasteiger partial charge in [0.05, 0.1) is 5.71 Å². The monoisotopic (exact) mass is 136 g/mol. The van der Waals surface area contributed by atoms with Crippen molar-refractivity contribution in [3.05, 3.63) is 24.4 Å². The van der Waals surface area contributed by atoms with Crippen LogP contribution in [0.25, 0.3) is 0 Å². The minimum atomic E-state index is 0.422. The Kier molecular flexibility index (Phi) is 4.12. The Bertz CT molecular complexity index is 187. The Morgan fingerprint density at radius 1 is 1.60 bits per heavy atom. The standard InChI is InChI=1S/C8H12N2/c1-4-8(9)7(3)6-10-5-2/h4-6,9H,1H2,2-3H3/b7-6+,9-8?,10-5?. The number of nitrogens with one attached hydrogen (secondary N) is 1. The molecular weight excluding hydrogens is 124 g/mol. The average Bonchev–Trinajstić information content (AvgIpc) is 1.98. The molecule has 0 atom stereocenters. The fourth-order valence-corrected chi connectivity index (χ4v) is 0.417. The molecule has 1 N–H and O–H groups in total. The van der Waals surface area contributed by atoms with Crippen molar-refractivity contribution in [1.82, 2.24) is 0 Å². The Morgan fingerprint density at radius 3 is 2.60 bits per heavy atom. The second-order valence-electron chi connectivity index (χ2n) is 1.84. The smallest absolute Gasteiger partial charge is 0.0578 e. The Hall–Kier alpha value is -1.18. The molecule has 0 bridgehead atoms. The van der Waals surface area contributed by atoms with Gasteiger partial charge in [-0.15, -0.1) is 0 Å². The third-order valence-corrected chi connectivity index (χ3v) is 1.05. The summed E-state index contributed by atoms with van der Waals surface area (Å²) in [4.78, 5) is 3.87. The third-order valence-electron chi connectivity index (χ3n) is 1.05. The molecule has 0 saturated carbocycles. The lowest BCUT2D eigenvalue weighted by Gasteiger charge is -1.92. The third kappa shape index (κ3) is 2.97. The molecule has 0 rings (SSSR count). The van der Waals surface area contributed by atoms with Gasteiger partial charge in [-0.25, -0.2) is 0 Å². The van der Waals surface area contributed by atoms with Crippen molar-refractivity contribution >= 4 is 11.9 Å². The summed E-state index contributed by atoms with van der Waals surface area (Å²) in [6.07, 6.45) is 4.82. The minimum absolute atomic E-state index is 0.422. The summed E-state index contributed by atoms with van der Waals surface area (Å²) in [6, 6.07) is 0. The lowest BCUT2D eigenvalue weighted by atomic mass is 10.2. The van der Waals surface area contributed by atoms with Crippen LogP contribution < -0.4 is 0 Å². The fourth-order valence-electron chi connectivity index (χ4n) is 0.417. The van der Waals surface area contributed by atoms with Crippen LogP contribution in [0.15, 0.2) is 29.4 Å². The predicted molar refractivity (Wildman–Crippen MR) is 45.8 cm³/mol. The first-order valence-corrected chi connectivity index (χ1v) is 3.08. The molecule has 0 aromatic rings. The van der Waals surface area contributed by atoms with Gasteiger partial charge in [0.25, 0.3) is 0 Å². The maximum absolute atomic E-state index is 7.26. The van der Waals surface area contributed by atoms with Gasteiger partial charge in [-0.05, 0) is 25.5 Å². The molecule has 0 aliphatic rings. The zero-order valence-electron chi connectivity index (χ0n) is 6.39. The molecule has 0 fully saturated rings. The molecule has 0 aliphatic heterocycles. The normalized spacial score (nSPS) is 12.0. The summed E-state index contributed by atoms with van der Waals surface area (Å²) in [6.45, 7) is 7.14. The lowest BCUT2D eigenvalue weighted by Crippen LogP contribution is -1.90. The van der Waals surface area contributed by atoms with Gasteiger partial charge in [0, 0.05) is 12.4 Å². The van der Waals surface area contributed by atoms with Crippen LogP contribution >= 0.6 is 0 Å². The highest BCUT2D eigenvalue weighted by Gasteiger charge is 1.89. The van der Waals surface area contributed by atoms with Gasteiger partial charge in [-0.1, -0.05) is 6.58 Å². The van der Waals surface area contributed by atoms with Crippen molar-refractivity contribution in [2.24, 2.45) is 4.99 Å². The van der Waals surface area contributed by atoms with E-state index in [1.165, 1.54) is 6.08 Å². The van der Waals surface area contributed by atoms with Crippen LogP contribution in [0.5, 0.6) is 0 Å². The predicted octanol–water partition coefficient (Wildman–Crippen LogP) is 2.19. The highest BCUT2D eigenvalue weighted by atomic mass is 14.7. The topological polar surface area (TPSA) is 36.2 Å². The van der Waals surface area contributed by atoms with E-state index >= 15 is 0 Å². The first-order chi connectivity index (χ1) is 4.72. The van der Waals surface area contributed by atoms with Crippen LogP contribution in [0.4, 0.5) is 0 Å². The van der Waals surface area contributed by atoms with E-state index in [0.29, 0.717) is 5.71 Å². The summed E-state index contributed by atoms with van der Waals surface area (Å²) in [5.74, 6) is 0. The number of allylic oxidation sites excluding steroid dienone is 2. The molecule has 54 valence electrons. The average molecular weight is 136 g/mol. The van der Waals surface area contributed by atoms with E-state index in [1.807, 2.05) is 13.8 Å². The summed E-state index contributed by atoms with van der Waals surface area (Å²) in [5, 5.41) is 7.26. The molecule has 0 amide bonds. The van der Waals surface area contributed by atoms with E-state index in [0.717, 1.165) is 5.57 Å². The summed E-state index contributed by atoms with van der Waals surface area (Å²) in [7, 11) is 0. The van der Waals surface area contributed by atoms with Gasteiger partial charge in [0.2, 0.25) is 0 Å². The quantitative estimate of drug-likeness (QED) is 0.577. The molecule has 0 saturated heterocycles. The molecule has 0 unspecified atom stereocenters. The molecule has 2 nitrogen and oxygen atoms in total. The summed E-state index contributed by atoms with van der Waals surface area (Å²) < 4.78 is 0. The first-order valence-electron chi connectivity index (χ1n) is 3.08. The molecule has 10 heavy (non-hydrogen) atoms. The van der Waals surface area contributed by atoms with E-state index in [-0.39, 0.29) is 0 Å². The van der Waals surface area contributed by atoms with Crippen molar-refractivity contribution in [3.63, 3.8) is 0 Å². The van der Waals surface area contributed by atoms with Crippen LogP contribution in [-0.4, -0.2) is 11.9 Å². The van der Waals surface area contributed by atoms with E-state index in [2.05, 4.69) is 11.6 Å².